The third kappa shape index (κ3) is 2.66. The van der Waals surface area contributed by atoms with E-state index >= 15 is 0 Å². The number of rotatable bonds is 4. The molecule has 1 N–H and O–H groups in total. The summed E-state index contributed by atoms with van der Waals surface area (Å²) in [7, 11) is 0. The molecule has 4 rings (SSSR count). The van der Waals surface area contributed by atoms with E-state index in [1.807, 2.05) is 18.5 Å². The van der Waals surface area contributed by atoms with Crippen LogP contribution in [0.5, 0.6) is 0 Å². The van der Waals surface area contributed by atoms with Crippen molar-refractivity contribution in [3.8, 4) is 23.4 Å². The fraction of sp³-hybridized carbons (Fsp3) is 0.111. The van der Waals surface area contributed by atoms with Crippen molar-refractivity contribution in [1.29, 1.82) is 10.5 Å². The normalized spacial score (nSPS) is 11.8. The fourth-order valence-corrected chi connectivity index (χ4v) is 2.88. The molecule has 0 aliphatic carbocycles. The van der Waals surface area contributed by atoms with E-state index < -0.39 is 0 Å². The molecule has 0 amide bonds. The number of aromatic nitrogens is 6. The van der Waals surface area contributed by atoms with Gasteiger partial charge in [-0.1, -0.05) is 0 Å². The molecule has 0 aliphatic heterocycles. The first-order valence-corrected chi connectivity index (χ1v) is 7.85. The number of H-pyrrole nitrogens is 1. The molecule has 26 heavy (non-hydrogen) atoms. The monoisotopic (exact) mass is 340 g/mol. The first-order valence-electron chi connectivity index (χ1n) is 7.85. The van der Waals surface area contributed by atoms with Crippen LogP contribution in [0.3, 0.4) is 0 Å². The van der Waals surface area contributed by atoms with E-state index in [-0.39, 0.29) is 12.5 Å². The van der Waals surface area contributed by atoms with Gasteiger partial charge in [-0.25, -0.2) is 9.97 Å². The molecular formula is C18H12N8. The molecule has 4 heterocycles. The summed E-state index contributed by atoms with van der Waals surface area (Å²) in [5.41, 5.74) is 3.55. The number of hydrogen-bond donors (Lipinski definition) is 1. The van der Waals surface area contributed by atoms with Gasteiger partial charge in [-0.3, -0.25) is 9.67 Å². The second-order valence-corrected chi connectivity index (χ2v) is 5.67. The fourth-order valence-electron chi connectivity index (χ4n) is 2.88. The lowest BCUT2D eigenvalue weighted by atomic mass is 10.1. The summed E-state index contributed by atoms with van der Waals surface area (Å²) in [6, 6.07) is 7.55. The van der Waals surface area contributed by atoms with Gasteiger partial charge >= 0.3 is 0 Å². The zero-order chi connectivity index (χ0) is 17.9. The quantitative estimate of drug-likeness (QED) is 0.609. The van der Waals surface area contributed by atoms with E-state index in [2.05, 4.69) is 37.2 Å². The van der Waals surface area contributed by atoms with Gasteiger partial charge in [0.1, 0.15) is 18.0 Å². The Balaban J connectivity index is 1.76. The number of hydrogen-bond acceptors (Lipinski definition) is 6. The highest BCUT2D eigenvalue weighted by molar-refractivity contribution is 5.89. The number of nitrogens with one attached hydrogen (secondary N) is 1. The Morgan fingerprint density at radius 2 is 2.12 bits per heavy atom. The number of fused-ring (bicyclic) bond motifs is 1. The molecule has 0 saturated heterocycles. The zero-order valence-electron chi connectivity index (χ0n) is 13.5. The maximum absolute atomic E-state index is 9.22. The van der Waals surface area contributed by atoms with Crippen LogP contribution in [-0.4, -0.2) is 29.7 Å². The van der Waals surface area contributed by atoms with Crippen molar-refractivity contribution in [2.75, 3.05) is 0 Å². The van der Waals surface area contributed by atoms with Crippen molar-refractivity contribution < 1.29 is 0 Å². The highest BCUT2D eigenvalue weighted by Gasteiger charge is 2.17. The Morgan fingerprint density at radius 3 is 2.96 bits per heavy atom. The first-order chi connectivity index (χ1) is 12.8. The molecule has 0 aromatic carbocycles. The van der Waals surface area contributed by atoms with E-state index in [9.17, 15) is 5.26 Å². The summed E-state index contributed by atoms with van der Waals surface area (Å²) in [4.78, 5) is 15.7. The average Bonchev–Trinajstić information content (AvgIpc) is 3.35. The Morgan fingerprint density at radius 1 is 1.19 bits per heavy atom. The Hall–Kier alpha value is -4.04. The lowest BCUT2D eigenvalue weighted by molar-refractivity contribution is 0.531. The Kier molecular flexibility index (Phi) is 3.85. The van der Waals surface area contributed by atoms with Gasteiger partial charge in [0, 0.05) is 35.7 Å². The van der Waals surface area contributed by atoms with E-state index in [0.29, 0.717) is 5.56 Å². The van der Waals surface area contributed by atoms with Crippen molar-refractivity contribution in [2.24, 2.45) is 0 Å². The van der Waals surface area contributed by atoms with Crippen LogP contribution in [0, 0.1) is 22.7 Å². The lowest BCUT2D eigenvalue weighted by Gasteiger charge is -2.14. The average molecular weight is 340 g/mol. The van der Waals surface area contributed by atoms with Gasteiger partial charge in [-0.2, -0.15) is 15.6 Å². The van der Waals surface area contributed by atoms with Crippen LogP contribution >= 0.6 is 0 Å². The summed E-state index contributed by atoms with van der Waals surface area (Å²) in [5, 5.41) is 23.6. The maximum Gasteiger partial charge on any atom is 0.141 e. The third-order valence-electron chi connectivity index (χ3n) is 4.11. The highest BCUT2D eigenvalue weighted by atomic mass is 15.3. The topological polar surface area (TPSA) is 120 Å². The smallest absolute Gasteiger partial charge is 0.141 e. The molecule has 0 bridgehead atoms. The molecule has 8 nitrogen and oxygen atoms in total. The van der Waals surface area contributed by atoms with Crippen LogP contribution in [0.2, 0.25) is 0 Å². The van der Waals surface area contributed by atoms with Gasteiger partial charge in [0.25, 0.3) is 0 Å². The first kappa shape index (κ1) is 15.5. The summed E-state index contributed by atoms with van der Waals surface area (Å²) in [6.07, 6.45) is 10.2. The number of nitriles is 2. The van der Waals surface area contributed by atoms with Gasteiger partial charge in [0.05, 0.1) is 36.0 Å². The van der Waals surface area contributed by atoms with Crippen molar-refractivity contribution in [3.05, 3.63) is 60.6 Å². The second kappa shape index (κ2) is 6.46. The number of nitrogens with zero attached hydrogens (tertiary/aromatic N) is 7. The molecule has 4 aromatic heterocycles. The van der Waals surface area contributed by atoms with Crippen molar-refractivity contribution in [1.82, 2.24) is 29.7 Å². The number of aromatic amines is 1. The molecule has 0 fully saturated rings. The maximum atomic E-state index is 9.22. The highest BCUT2D eigenvalue weighted by Crippen LogP contribution is 2.27. The molecule has 0 radical (unpaired) electrons. The second-order valence-electron chi connectivity index (χ2n) is 5.67. The lowest BCUT2D eigenvalue weighted by Crippen LogP contribution is -2.11. The molecule has 1 atom stereocenters. The van der Waals surface area contributed by atoms with Crippen LogP contribution in [0.1, 0.15) is 23.6 Å². The Bertz CT molecular complexity index is 1160. The standard InChI is InChI=1S/C18H12N8/c19-3-1-16(13-5-12(6-20)7-21-8-13)26-10-14(9-25-26)17-15-2-4-22-18(15)24-11-23-17/h2,4-5,7-11,16H,1H2,(H,22,23,24)/t16-/m1/s1. The van der Waals surface area contributed by atoms with Crippen LogP contribution in [0.4, 0.5) is 0 Å². The molecule has 124 valence electrons. The molecule has 4 aromatic rings. The minimum absolute atomic E-state index is 0.209. The van der Waals surface area contributed by atoms with Crippen molar-refractivity contribution >= 4 is 11.0 Å². The van der Waals surface area contributed by atoms with Gasteiger partial charge in [-0.15, -0.1) is 0 Å². The molecular weight excluding hydrogens is 328 g/mol. The summed E-state index contributed by atoms with van der Waals surface area (Å²) in [6.45, 7) is 0. The van der Waals surface area contributed by atoms with E-state index in [1.54, 1.807) is 23.1 Å². The van der Waals surface area contributed by atoms with Crippen LogP contribution in [0.15, 0.2) is 49.4 Å². The van der Waals surface area contributed by atoms with E-state index in [0.717, 1.165) is 27.9 Å². The van der Waals surface area contributed by atoms with Crippen LogP contribution in [0.25, 0.3) is 22.3 Å². The molecule has 0 saturated carbocycles. The minimum atomic E-state index is -0.335. The molecule has 0 aliphatic rings. The number of pyridine rings is 1. The van der Waals surface area contributed by atoms with E-state index in [1.165, 1.54) is 12.5 Å². The summed E-state index contributed by atoms with van der Waals surface area (Å²) in [5.74, 6) is 0. The molecule has 0 unspecified atom stereocenters. The van der Waals surface area contributed by atoms with Crippen LogP contribution < -0.4 is 0 Å². The van der Waals surface area contributed by atoms with Gasteiger partial charge in [0.15, 0.2) is 0 Å². The van der Waals surface area contributed by atoms with Crippen molar-refractivity contribution in [2.45, 2.75) is 12.5 Å². The molecule has 0 spiro atoms. The van der Waals surface area contributed by atoms with Gasteiger partial charge < -0.3 is 4.98 Å². The zero-order valence-corrected chi connectivity index (χ0v) is 13.5. The largest absolute Gasteiger partial charge is 0.346 e. The molecule has 8 heteroatoms. The SMILES string of the molecule is N#CC[C@H](c1cncc(C#N)c1)n1cc(-c2ncnc3[nH]ccc23)cn1. The van der Waals surface area contributed by atoms with Crippen molar-refractivity contribution in [3.63, 3.8) is 0 Å². The van der Waals surface area contributed by atoms with E-state index in [4.69, 9.17) is 5.26 Å². The third-order valence-corrected chi connectivity index (χ3v) is 4.11. The Labute approximate surface area is 148 Å². The summed E-state index contributed by atoms with van der Waals surface area (Å²) >= 11 is 0. The predicted molar refractivity (Wildman–Crippen MR) is 92.4 cm³/mol. The summed E-state index contributed by atoms with van der Waals surface area (Å²) < 4.78 is 1.71. The van der Waals surface area contributed by atoms with Gasteiger partial charge in [0.2, 0.25) is 0 Å². The van der Waals surface area contributed by atoms with Crippen LogP contribution in [-0.2, 0) is 0 Å². The predicted octanol–water partition coefficient (Wildman–Crippen LogP) is 2.59. The minimum Gasteiger partial charge on any atom is -0.346 e. The van der Waals surface area contributed by atoms with Gasteiger partial charge in [-0.05, 0) is 17.7 Å².